The first-order chi connectivity index (χ1) is 5.86. The van der Waals surface area contributed by atoms with Gasteiger partial charge in [0.1, 0.15) is 0 Å². The molecule has 78 valence electrons. The summed E-state index contributed by atoms with van der Waals surface area (Å²) in [7, 11) is -4.46. The number of hydrogen-bond acceptors (Lipinski definition) is 3. The van der Waals surface area contributed by atoms with Gasteiger partial charge in [-0.2, -0.15) is 8.42 Å². The third-order valence-corrected chi connectivity index (χ3v) is 4.42. The highest BCUT2D eigenvalue weighted by atomic mass is 32.3. The average molecular weight is 210 g/mol. The number of ether oxygens (including phenoxy) is 1. The molecule has 0 aromatic heterocycles. The van der Waals surface area contributed by atoms with E-state index >= 15 is 0 Å². The second-order valence-electron chi connectivity index (χ2n) is 3.93. The summed E-state index contributed by atoms with van der Waals surface area (Å²) in [4.78, 5) is 0. The van der Waals surface area contributed by atoms with E-state index in [1.54, 1.807) is 0 Å². The standard InChI is InChI=1S/C8H15FO3S/c1-8(2,13(9,10)11)7-3-5-12-6-4-7/h7H,3-6H2,1-2H3. The Hall–Kier alpha value is -0.160. The first-order valence-corrected chi connectivity index (χ1v) is 5.76. The van der Waals surface area contributed by atoms with E-state index in [2.05, 4.69) is 0 Å². The van der Waals surface area contributed by atoms with Gasteiger partial charge in [-0.25, -0.2) is 0 Å². The minimum absolute atomic E-state index is 0.128. The predicted octanol–water partition coefficient (Wildman–Crippen LogP) is 1.49. The lowest BCUT2D eigenvalue weighted by Crippen LogP contribution is -2.40. The molecule has 0 bridgehead atoms. The Morgan fingerprint density at radius 1 is 1.31 bits per heavy atom. The highest BCUT2D eigenvalue weighted by Gasteiger charge is 2.42. The molecule has 0 saturated carbocycles. The molecule has 0 amide bonds. The van der Waals surface area contributed by atoms with E-state index in [0.717, 1.165) is 0 Å². The maximum Gasteiger partial charge on any atom is 0.307 e. The summed E-state index contributed by atoms with van der Waals surface area (Å²) in [5.74, 6) is -0.128. The molecule has 0 aliphatic carbocycles. The first kappa shape index (κ1) is 10.9. The molecule has 13 heavy (non-hydrogen) atoms. The molecule has 3 nitrogen and oxygen atoms in total. The lowest BCUT2D eigenvalue weighted by Gasteiger charge is -2.33. The highest BCUT2D eigenvalue weighted by Crippen LogP contribution is 2.34. The summed E-state index contributed by atoms with van der Waals surface area (Å²) in [5, 5.41) is 0. The molecular formula is C8H15FO3S. The minimum atomic E-state index is -4.46. The van der Waals surface area contributed by atoms with Crippen LogP contribution in [0.3, 0.4) is 0 Å². The Kier molecular flexibility index (Phi) is 2.97. The van der Waals surface area contributed by atoms with Crippen LogP contribution in [0.15, 0.2) is 0 Å². The van der Waals surface area contributed by atoms with E-state index in [4.69, 9.17) is 4.74 Å². The summed E-state index contributed by atoms with van der Waals surface area (Å²) < 4.78 is 38.4. The quantitative estimate of drug-likeness (QED) is 0.648. The fourth-order valence-corrected chi connectivity index (χ4v) is 2.23. The van der Waals surface area contributed by atoms with Crippen LogP contribution in [-0.2, 0) is 15.0 Å². The van der Waals surface area contributed by atoms with Gasteiger partial charge in [0.2, 0.25) is 0 Å². The van der Waals surface area contributed by atoms with Gasteiger partial charge in [0.15, 0.2) is 0 Å². The molecule has 1 aliphatic heterocycles. The van der Waals surface area contributed by atoms with Crippen molar-refractivity contribution >= 4 is 10.2 Å². The van der Waals surface area contributed by atoms with Gasteiger partial charge in [-0.15, -0.1) is 3.89 Å². The van der Waals surface area contributed by atoms with Crippen LogP contribution in [0.25, 0.3) is 0 Å². The molecule has 0 unspecified atom stereocenters. The van der Waals surface area contributed by atoms with Gasteiger partial charge >= 0.3 is 10.2 Å². The molecule has 0 atom stereocenters. The van der Waals surface area contributed by atoms with Gasteiger partial charge in [0, 0.05) is 13.2 Å². The van der Waals surface area contributed by atoms with Crippen LogP contribution < -0.4 is 0 Å². The summed E-state index contributed by atoms with van der Waals surface area (Å²) in [6.45, 7) is 3.95. The highest BCUT2D eigenvalue weighted by molar-refractivity contribution is 7.87. The van der Waals surface area contributed by atoms with E-state index in [1.807, 2.05) is 0 Å². The molecule has 0 spiro atoms. The van der Waals surface area contributed by atoms with E-state index in [0.29, 0.717) is 26.1 Å². The molecule has 1 heterocycles. The van der Waals surface area contributed by atoms with Crippen molar-refractivity contribution in [2.24, 2.45) is 5.92 Å². The molecule has 0 radical (unpaired) electrons. The SMILES string of the molecule is CC(C)(C1CCOCC1)S(=O)(=O)F. The summed E-state index contributed by atoms with van der Waals surface area (Å²) in [6, 6.07) is 0. The zero-order valence-corrected chi connectivity index (χ0v) is 8.73. The normalized spacial score (nSPS) is 21.8. The Bertz CT molecular complexity index is 265. The zero-order chi connectivity index (χ0) is 10.1. The van der Waals surface area contributed by atoms with Crippen molar-refractivity contribution in [2.75, 3.05) is 13.2 Å². The van der Waals surface area contributed by atoms with Crippen LogP contribution in [0.5, 0.6) is 0 Å². The summed E-state index contributed by atoms with van der Waals surface area (Å²) in [6.07, 6.45) is 1.24. The maximum atomic E-state index is 12.9. The average Bonchev–Trinajstić information content (AvgIpc) is 2.04. The third kappa shape index (κ3) is 2.20. The van der Waals surface area contributed by atoms with Crippen molar-refractivity contribution in [1.82, 2.24) is 0 Å². The van der Waals surface area contributed by atoms with Crippen LogP contribution in [0.1, 0.15) is 26.7 Å². The number of hydrogen-bond donors (Lipinski definition) is 0. The largest absolute Gasteiger partial charge is 0.381 e. The monoisotopic (exact) mass is 210 g/mol. The molecule has 1 rings (SSSR count). The second kappa shape index (κ2) is 3.53. The minimum Gasteiger partial charge on any atom is -0.381 e. The Labute approximate surface area is 78.5 Å². The van der Waals surface area contributed by atoms with Crippen molar-refractivity contribution in [1.29, 1.82) is 0 Å². The summed E-state index contributed by atoms with van der Waals surface area (Å²) >= 11 is 0. The van der Waals surface area contributed by atoms with Crippen molar-refractivity contribution in [3.05, 3.63) is 0 Å². The van der Waals surface area contributed by atoms with E-state index < -0.39 is 15.0 Å². The van der Waals surface area contributed by atoms with Crippen LogP contribution in [0.4, 0.5) is 3.89 Å². The van der Waals surface area contributed by atoms with E-state index in [9.17, 15) is 12.3 Å². The molecule has 5 heteroatoms. The fraction of sp³-hybridized carbons (Fsp3) is 1.00. The zero-order valence-electron chi connectivity index (χ0n) is 7.92. The second-order valence-corrected chi connectivity index (χ2v) is 5.86. The molecule has 1 fully saturated rings. The van der Waals surface area contributed by atoms with Gasteiger partial charge in [0.05, 0.1) is 4.75 Å². The molecule has 1 saturated heterocycles. The van der Waals surface area contributed by atoms with Gasteiger partial charge in [-0.05, 0) is 32.6 Å². The number of halogens is 1. The van der Waals surface area contributed by atoms with E-state index in [1.165, 1.54) is 13.8 Å². The van der Waals surface area contributed by atoms with Gasteiger partial charge in [-0.3, -0.25) is 0 Å². The Morgan fingerprint density at radius 3 is 2.15 bits per heavy atom. The van der Waals surface area contributed by atoms with Crippen molar-refractivity contribution in [3.63, 3.8) is 0 Å². The van der Waals surface area contributed by atoms with Gasteiger partial charge in [0.25, 0.3) is 0 Å². The van der Waals surface area contributed by atoms with Crippen LogP contribution in [0, 0.1) is 5.92 Å². The molecule has 1 aliphatic rings. The molecule has 0 N–H and O–H groups in total. The molecule has 0 aromatic rings. The maximum absolute atomic E-state index is 12.9. The van der Waals surface area contributed by atoms with Crippen LogP contribution >= 0.6 is 0 Å². The molecule has 0 aromatic carbocycles. The van der Waals surface area contributed by atoms with Crippen molar-refractivity contribution in [3.8, 4) is 0 Å². The van der Waals surface area contributed by atoms with Crippen LogP contribution in [-0.4, -0.2) is 26.4 Å². The smallest absolute Gasteiger partial charge is 0.307 e. The third-order valence-electron chi connectivity index (χ3n) is 2.83. The molecular weight excluding hydrogens is 195 g/mol. The van der Waals surface area contributed by atoms with E-state index in [-0.39, 0.29) is 5.92 Å². The first-order valence-electron chi connectivity index (χ1n) is 4.37. The van der Waals surface area contributed by atoms with Crippen molar-refractivity contribution < 1.29 is 17.0 Å². The summed E-state index contributed by atoms with van der Waals surface area (Å²) in [5.41, 5.74) is 0. The number of rotatable bonds is 2. The fourth-order valence-electron chi connectivity index (χ4n) is 1.59. The predicted molar refractivity (Wildman–Crippen MR) is 47.6 cm³/mol. The van der Waals surface area contributed by atoms with Crippen molar-refractivity contribution in [2.45, 2.75) is 31.4 Å². The Balaban J connectivity index is 2.79. The van der Waals surface area contributed by atoms with Gasteiger partial charge in [-0.1, -0.05) is 0 Å². The Morgan fingerprint density at radius 2 is 1.77 bits per heavy atom. The lowest BCUT2D eigenvalue weighted by atomic mass is 9.88. The topological polar surface area (TPSA) is 43.4 Å². The van der Waals surface area contributed by atoms with Crippen LogP contribution in [0.2, 0.25) is 0 Å². The van der Waals surface area contributed by atoms with Gasteiger partial charge < -0.3 is 4.74 Å². The lowest BCUT2D eigenvalue weighted by molar-refractivity contribution is 0.0558.